The minimum absolute atomic E-state index is 0.237. The Morgan fingerprint density at radius 3 is 3.00 bits per heavy atom. The molecule has 78 valence electrons. The quantitative estimate of drug-likeness (QED) is 0.593. The Kier molecular flexibility index (Phi) is 4.70. The van der Waals surface area contributed by atoms with Gasteiger partial charge < -0.3 is 15.7 Å². The molecule has 1 rings (SSSR count). The predicted molar refractivity (Wildman–Crippen MR) is 54.7 cm³/mol. The second-order valence-corrected chi connectivity index (χ2v) is 3.98. The molecular formula is C10H22N2O. The Bertz CT molecular complexity index is 141. The maximum absolute atomic E-state index is 9.76. The van der Waals surface area contributed by atoms with Gasteiger partial charge in [0.15, 0.2) is 0 Å². The first-order chi connectivity index (χ1) is 6.27. The molecule has 0 amide bonds. The lowest BCUT2D eigenvalue weighted by molar-refractivity contribution is 0.0984. The molecule has 0 radical (unpaired) electrons. The van der Waals surface area contributed by atoms with Crippen molar-refractivity contribution in [1.29, 1.82) is 0 Å². The van der Waals surface area contributed by atoms with Crippen molar-refractivity contribution in [3.05, 3.63) is 0 Å². The van der Waals surface area contributed by atoms with Gasteiger partial charge in [0.1, 0.15) is 0 Å². The van der Waals surface area contributed by atoms with Gasteiger partial charge >= 0.3 is 0 Å². The minimum Gasteiger partial charge on any atom is -0.390 e. The van der Waals surface area contributed by atoms with E-state index in [1.165, 1.54) is 12.8 Å². The van der Waals surface area contributed by atoms with Crippen LogP contribution in [0.4, 0.5) is 0 Å². The smallest absolute Gasteiger partial charge is 0.0817 e. The van der Waals surface area contributed by atoms with E-state index in [4.69, 9.17) is 0 Å². The standard InChI is InChI=1S/C10H22N2O/c1-3-8-4-5-12-9(6-8)10(13)7-11-2/h8-13H,3-7H2,1-2H3. The van der Waals surface area contributed by atoms with E-state index in [1.54, 1.807) is 0 Å². The molecule has 3 unspecified atom stereocenters. The van der Waals surface area contributed by atoms with E-state index >= 15 is 0 Å². The molecule has 13 heavy (non-hydrogen) atoms. The van der Waals surface area contributed by atoms with E-state index in [9.17, 15) is 5.11 Å². The highest BCUT2D eigenvalue weighted by Gasteiger charge is 2.25. The molecule has 3 nitrogen and oxygen atoms in total. The highest BCUT2D eigenvalue weighted by atomic mass is 16.3. The first-order valence-electron chi connectivity index (χ1n) is 5.34. The van der Waals surface area contributed by atoms with E-state index in [0.29, 0.717) is 12.6 Å². The van der Waals surface area contributed by atoms with Gasteiger partial charge in [-0.2, -0.15) is 0 Å². The summed E-state index contributed by atoms with van der Waals surface area (Å²) in [6.45, 7) is 3.98. The largest absolute Gasteiger partial charge is 0.390 e. The minimum atomic E-state index is -0.237. The monoisotopic (exact) mass is 186 g/mol. The molecule has 1 fully saturated rings. The maximum atomic E-state index is 9.76. The summed E-state index contributed by atoms with van der Waals surface area (Å²) < 4.78 is 0. The number of aliphatic hydroxyl groups excluding tert-OH is 1. The Hall–Kier alpha value is -0.120. The molecule has 1 heterocycles. The molecule has 0 aromatic rings. The first-order valence-corrected chi connectivity index (χ1v) is 5.34. The lowest BCUT2D eigenvalue weighted by atomic mass is 9.88. The topological polar surface area (TPSA) is 44.3 Å². The number of hydrogen-bond acceptors (Lipinski definition) is 3. The summed E-state index contributed by atoms with van der Waals surface area (Å²) in [7, 11) is 1.88. The molecule has 1 saturated heterocycles. The van der Waals surface area contributed by atoms with E-state index in [-0.39, 0.29) is 6.10 Å². The summed E-state index contributed by atoms with van der Waals surface area (Å²) in [5, 5.41) is 16.1. The van der Waals surface area contributed by atoms with E-state index < -0.39 is 0 Å². The van der Waals surface area contributed by atoms with Crippen molar-refractivity contribution in [2.75, 3.05) is 20.1 Å². The molecule has 0 saturated carbocycles. The Morgan fingerprint density at radius 1 is 1.62 bits per heavy atom. The molecule has 3 N–H and O–H groups in total. The molecule has 0 aliphatic carbocycles. The van der Waals surface area contributed by atoms with E-state index in [0.717, 1.165) is 18.9 Å². The average molecular weight is 186 g/mol. The van der Waals surface area contributed by atoms with Crippen molar-refractivity contribution in [1.82, 2.24) is 10.6 Å². The molecular weight excluding hydrogens is 164 g/mol. The molecule has 0 spiro atoms. The third-order valence-electron chi connectivity index (χ3n) is 3.00. The van der Waals surface area contributed by atoms with Crippen LogP contribution in [0.5, 0.6) is 0 Å². The van der Waals surface area contributed by atoms with Gasteiger partial charge in [0, 0.05) is 12.6 Å². The maximum Gasteiger partial charge on any atom is 0.0817 e. The molecule has 3 heteroatoms. The summed E-state index contributed by atoms with van der Waals surface area (Å²) >= 11 is 0. The van der Waals surface area contributed by atoms with Crippen LogP contribution in [-0.2, 0) is 0 Å². The van der Waals surface area contributed by atoms with Crippen LogP contribution < -0.4 is 10.6 Å². The zero-order chi connectivity index (χ0) is 9.68. The lowest BCUT2D eigenvalue weighted by Crippen LogP contribution is -2.48. The van der Waals surface area contributed by atoms with Crippen LogP contribution in [0.1, 0.15) is 26.2 Å². The number of aliphatic hydroxyl groups is 1. The molecule has 1 aliphatic heterocycles. The highest BCUT2D eigenvalue weighted by Crippen LogP contribution is 2.20. The van der Waals surface area contributed by atoms with Crippen LogP contribution in [0.25, 0.3) is 0 Å². The van der Waals surface area contributed by atoms with Crippen molar-refractivity contribution in [3.8, 4) is 0 Å². The Balaban J connectivity index is 2.32. The molecule has 0 bridgehead atoms. The number of nitrogens with one attached hydrogen (secondary N) is 2. The SMILES string of the molecule is CCC1CCNC(C(O)CNC)C1. The van der Waals surface area contributed by atoms with E-state index in [1.807, 2.05) is 7.05 Å². The second kappa shape index (κ2) is 5.58. The average Bonchev–Trinajstić information content (AvgIpc) is 2.18. The van der Waals surface area contributed by atoms with Gasteiger partial charge in [-0.05, 0) is 32.4 Å². The fourth-order valence-electron chi connectivity index (χ4n) is 2.05. The van der Waals surface area contributed by atoms with Crippen LogP contribution in [0.15, 0.2) is 0 Å². The van der Waals surface area contributed by atoms with Gasteiger partial charge in [-0.3, -0.25) is 0 Å². The Morgan fingerprint density at radius 2 is 2.38 bits per heavy atom. The predicted octanol–water partition coefficient (Wildman–Crippen LogP) is 0.345. The normalized spacial score (nSPS) is 31.6. The fraction of sp³-hybridized carbons (Fsp3) is 1.00. The van der Waals surface area contributed by atoms with Crippen LogP contribution >= 0.6 is 0 Å². The van der Waals surface area contributed by atoms with Crippen molar-refractivity contribution < 1.29 is 5.11 Å². The van der Waals surface area contributed by atoms with Crippen molar-refractivity contribution >= 4 is 0 Å². The summed E-state index contributed by atoms with van der Waals surface area (Å²) in [6.07, 6.45) is 3.39. The first kappa shape index (κ1) is 11.0. The third-order valence-corrected chi connectivity index (χ3v) is 3.00. The fourth-order valence-corrected chi connectivity index (χ4v) is 2.05. The van der Waals surface area contributed by atoms with Crippen molar-refractivity contribution in [3.63, 3.8) is 0 Å². The van der Waals surface area contributed by atoms with Gasteiger partial charge in [-0.1, -0.05) is 13.3 Å². The van der Waals surface area contributed by atoms with Crippen LogP contribution in [0.3, 0.4) is 0 Å². The number of hydrogen-bond donors (Lipinski definition) is 3. The Labute approximate surface area is 80.9 Å². The van der Waals surface area contributed by atoms with E-state index in [2.05, 4.69) is 17.6 Å². The van der Waals surface area contributed by atoms with Gasteiger partial charge in [0.2, 0.25) is 0 Å². The lowest BCUT2D eigenvalue weighted by Gasteiger charge is -2.32. The van der Waals surface area contributed by atoms with Gasteiger partial charge in [-0.25, -0.2) is 0 Å². The summed E-state index contributed by atoms with van der Waals surface area (Å²) in [6, 6.07) is 0.297. The van der Waals surface area contributed by atoms with Gasteiger partial charge in [-0.15, -0.1) is 0 Å². The summed E-state index contributed by atoms with van der Waals surface area (Å²) in [5.41, 5.74) is 0. The third kappa shape index (κ3) is 3.25. The molecule has 0 aromatic carbocycles. The highest BCUT2D eigenvalue weighted by molar-refractivity contribution is 4.83. The van der Waals surface area contributed by atoms with Crippen LogP contribution in [0.2, 0.25) is 0 Å². The van der Waals surface area contributed by atoms with Crippen molar-refractivity contribution in [2.24, 2.45) is 5.92 Å². The van der Waals surface area contributed by atoms with Gasteiger partial charge in [0.25, 0.3) is 0 Å². The van der Waals surface area contributed by atoms with Crippen molar-refractivity contribution in [2.45, 2.75) is 38.3 Å². The zero-order valence-corrected chi connectivity index (χ0v) is 8.71. The summed E-state index contributed by atoms with van der Waals surface area (Å²) in [4.78, 5) is 0. The number of piperidine rings is 1. The zero-order valence-electron chi connectivity index (χ0n) is 8.71. The van der Waals surface area contributed by atoms with Gasteiger partial charge in [0.05, 0.1) is 6.10 Å². The second-order valence-electron chi connectivity index (χ2n) is 3.98. The molecule has 0 aromatic heterocycles. The number of likely N-dealkylation sites (N-methyl/N-ethyl adjacent to an activating group) is 1. The number of rotatable bonds is 4. The molecule has 1 aliphatic rings. The van der Waals surface area contributed by atoms with Crippen LogP contribution in [0, 0.1) is 5.92 Å². The molecule has 3 atom stereocenters. The van der Waals surface area contributed by atoms with Crippen LogP contribution in [-0.4, -0.2) is 37.4 Å². The summed E-state index contributed by atoms with van der Waals surface area (Å²) in [5.74, 6) is 0.803.